The average molecular weight is 309 g/mol. The lowest BCUT2D eigenvalue weighted by atomic mass is 10.1. The summed E-state index contributed by atoms with van der Waals surface area (Å²) in [5.74, 6) is 0. The van der Waals surface area contributed by atoms with Crippen molar-refractivity contribution in [1.29, 1.82) is 0 Å². The second-order valence-corrected chi connectivity index (χ2v) is 5.54. The van der Waals surface area contributed by atoms with Crippen LogP contribution < -0.4 is 10.6 Å². The molecule has 0 aliphatic heterocycles. The lowest BCUT2D eigenvalue weighted by molar-refractivity contribution is 0.768. The van der Waals surface area contributed by atoms with Gasteiger partial charge in [-0.05, 0) is 36.2 Å². The van der Waals surface area contributed by atoms with Gasteiger partial charge in [0.2, 0.25) is 0 Å². The monoisotopic (exact) mass is 308 g/mol. The van der Waals surface area contributed by atoms with Crippen molar-refractivity contribution >= 4 is 34.6 Å². The first-order chi connectivity index (χ1) is 9.61. The Balaban J connectivity index is 2.25. The van der Waals surface area contributed by atoms with Crippen LogP contribution in [0.2, 0.25) is 10.0 Å². The van der Waals surface area contributed by atoms with E-state index in [9.17, 15) is 0 Å². The first kappa shape index (κ1) is 15.0. The molecule has 20 heavy (non-hydrogen) atoms. The molecular formula is C16H18Cl2N2. The molecule has 0 spiro atoms. The van der Waals surface area contributed by atoms with Crippen molar-refractivity contribution in [2.75, 3.05) is 17.2 Å². The summed E-state index contributed by atoms with van der Waals surface area (Å²) in [5.41, 5.74) is 9.04. The van der Waals surface area contributed by atoms with Crippen molar-refractivity contribution in [3.05, 3.63) is 58.1 Å². The van der Waals surface area contributed by atoms with E-state index in [1.54, 1.807) is 0 Å². The molecule has 2 rings (SSSR count). The highest BCUT2D eigenvalue weighted by Crippen LogP contribution is 2.27. The topological polar surface area (TPSA) is 29.3 Å². The Kier molecular flexibility index (Phi) is 5.16. The fourth-order valence-corrected chi connectivity index (χ4v) is 2.51. The van der Waals surface area contributed by atoms with Gasteiger partial charge in [-0.2, -0.15) is 0 Å². The highest BCUT2D eigenvalue weighted by Gasteiger charge is 2.10. The summed E-state index contributed by atoms with van der Waals surface area (Å²) in [7, 11) is 0. The van der Waals surface area contributed by atoms with Gasteiger partial charge in [0.1, 0.15) is 0 Å². The molecule has 4 heteroatoms. The van der Waals surface area contributed by atoms with Crippen molar-refractivity contribution < 1.29 is 0 Å². The Morgan fingerprint density at radius 1 is 1.05 bits per heavy atom. The molecular weight excluding hydrogens is 291 g/mol. The van der Waals surface area contributed by atoms with Crippen LogP contribution in [0.25, 0.3) is 0 Å². The zero-order chi connectivity index (χ0) is 14.5. The van der Waals surface area contributed by atoms with Crippen LogP contribution in [0.5, 0.6) is 0 Å². The first-order valence-electron chi connectivity index (χ1n) is 6.65. The van der Waals surface area contributed by atoms with Gasteiger partial charge < -0.3 is 10.6 Å². The Morgan fingerprint density at radius 3 is 2.45 bits per heavy atom. The van der Waals surface area contributed by atoms with Gasteiger partial charge in [0, 0.05) is 13.1 Å². The first-order valence-corrected chi connectivity index (χ1v) is 7.40. The fourth-order valence-electron chi connectivity index (χ4n) is 2.19. The lowest BCUT2D eigenvalue weighted by Gasteiger charge is -2.26. The maximum absolute atomic E-state index is 6.08. The van der Waals surface area contributed by atoms with E-state index in [1.807, 2.05) is 42.5 Å². The molecule has 0 saturated heterocycles. The van der Waals surface area contributed by atoms with Crippen LogP contribution >= 0.6 is 23.2 Å². The van der Waals surface area contributed by atoms with E-state index in [0.717, 1.165) is 36.4 Å². The lowest BCUT2D eigenvalue weighted by Crippen LogP contribution is -2.24. The molecule has 0 fully saturated rings. The van der Waals surface area contributed by atoms with E-state index in [0.29, 0.717) is 10.0 Å². The predicted molar refractivity (Wildman–Crippen MR) is 88.7 cm³/mol. The molecule has 0 bridgehead atoms. The minimum atomic E-state index is 0.580. The summed E-state index contributed by atoms with van der Waals surface area (Å²) in [6.07, 6.45) is 1.05. The smallest absolute Gasteiger partial charge is 0.0602 e. The highest BCUT2D eigenvalue weighted by atomic mass is 35.5. The molecule has 0 unspecified atom stereocenters. The number of nitrogen functional groups attached to an aromatic ring is 1. The van der Waals surface area contributed by atoms with Crippen molar-refractivity contribution in [2.45, 2.75) is 19.9 Å². The number of anilines is 2. The third kappa shape index (κ3) is 3.59. The Labute approximate surface area is 130 Å². The molecule has 0 saturated carbocycles. The van der Waals surface area contributed by atoms with Crippen molar-refractivity contribution in [1.82, 2.24) is 0 Å². The van der Waals surface area contributed by atoms with Crippen molar-refractivity contribution in [2.24, 2.45) is 0 Å². The van der Waals surface area contributed by atoms with Gasteiger partial charge in [-0.3, -0.25) is 0 Å². The van der Waals surface area contributed by atoms with Gasteiger partial charge in [0.05, 0.1) is 21.4 Å². The van der Waals surface area contributed by atoms with E-state index in [1.165, 1.54) is 0 Å². The summed E-state index contributed by atoms with van der Waals surface area (Å²) in [5, 5.41) is 1.17. The molecule has 0 aliphatic carbocycles. The van der Waals surface area contributed by atoms with Crippen molar-refractivity contribution in [3.8, 4) is 0 Å². The van der Waals surface area contributed by atoms with Crippen LogP contribution in [0.15, 0.2) is 42.5 Å². The number of hydrogen-bond acceptors (Lipinski definition) is 2. The molecule has 2 nitrogen and oxygen atoms in total. The standard InChI is InChI=1S/C16H18Cl2N2/c1-2-9-20(16-6-4-3-5-15(16)19)11-12-7-8-13(17)14(18)10-12/h3-8,10H,2,9,11,19H2,1H3. The number of para-hydroxylation sites is 2. The minimum absolute atomic E-state index is 0.580. The highest BCUT2D eigenvalue weighted by molar-refractivity contribution is 6.42. The van der Waals surface area contributed by atoms with Gasteiger partial charge in [-0.15, -0.1) is 0 Å². The summed E-state index contributed by atoms with van der Waals surface area (Å²) < 4.78 is 0. The molecule has 0 heterocycles. The van der Waals surface area contributed by atoms with Crippen LogP contribution in [-0.2, 0) is 6.54 Å². The van der Waals surface area contributed by atoms with Gasteiger partial charge in [-0.1, -0.05) is 48.3 Å². The molecule has 0 amide bonds. The maximum atomic E-state index is 6.08. The molecule has 106 valence electrons. The third-order valence-corrected chi connectivity index (χ3v) is 3.87. The predicted octanol–water partition coefficient (Wildman–Crippen LogP) is 4.99. The number of rotatable bonds is 5. The molecule has 0 radical (unpaired) electrons. The number of nitrogens with zero attached hydrogens (tertiary/aromatic N) is 1. The quantitative estimate of drug-likeness (QED) is 0.788. The summed E-state index contributed by atoms with van der Waals surface area (Å²) >= 11 is 12.0. The second kappa shape index (κ2) is 6.87. The second-order valence-electron chi connectivity index (χ2n) is 4.73. The van der Waals surface area contributed by atoms with Crippen LogP contribution in [0, 0.1) is 0 Å². The summed E-state index contributed by atoms with van der Waals surface area (Å²) in [6.45, 7) is 3.86. The number of halogens is 2. The Hall–Kier alpha value is -1.38. The Morgan fingerprint density at radius 2 is 1.80 bits per heavy atom. The summed E-state index contributed by atoms with van der Waals surface area (Å²) in [6, 6.07) is 13.7. The van der Waals surface area contributed by atoms with E-state index in [2.05, 4.69) is 11.8 Å². The molecule has 2 N–H and O–H groups in total. The minimum Gasteiger partial charge on any atom is -0.397 e. The van der Waals surface area contributed by atoms with Crippen molar-refractivity contribution in [3.63, 3.8) is 0 Å². The third-order valence-electron chi connectivity index (χ3n) is 3.13. The zero-order valence-electron chi connectivity index (χ0n) is 11.4. The molecule has 2 aromatic rings. The Bertz CT molecular complexity index is 584. The normalized spacial score (nSPS) is 10.6. The van der Waals surface area contributed by atoms with Gasteiger partial charge in [0.15, 0.2) is 0 Å². The van der Waals surface area contributed by atoms with E-state index < -0.39 is 0 Å². The SMILES string of the molecule is CCCN(Cc1ccc(Cl)c(Cl)c1)c1ccccc1N. The molecule has 0 atom stereocenters. The zero-order valence-corrected chi connectivity index (χ0v) is 13.0. The maximum Gasteiger partial charge on any atom is 0.0602 e. The largest absolute Gasteiger partial charge is 0.397 e. The van der Waals surface area contributed by atoms with Gasteiger partial charge >= 0.3 is 0 Å². The van der Waals surface area contributed by atoms with Gasteiger partial charge in [-0.25, -0.2) is 0 Å². The van der Waals surface area contributed by atoms with E-state index in [-0.39, 0.29) is 0 Å². The van der Waals surface area contributed by atoms with Crippen LogP contribution in [0.1, 0.15) is 18.9 Å². The van der Waals surface area contributed by atoms with Gasteiger partial charge in [0.25, 0.3) is 0 Å². The van der Waals surface area contributed by atoms with Crippen LogP contribution in [-0.4, -0.2) is 6.54 Å². The van der Waals surface area contributed by atoms with E-state index in [4.69, 9.17) is 28.9 Å². The fraction of sp³-hybridized carbons (Fsp3) is 0.250. The number of benzene rings is 2. The van der Waals surface area contributed by atoms with Crippen LogP contribution in [0.3, 0.4) is 0 Å². The number of hydrogen-bond donors (Lipinski definition) is 1. The molecule has 0 aliphatic rings. The molecule has 2 aromatic carbocycles. The molecule has 0 aromatic heterocycles. The average Bonchev–Trinajstić information content (AvgIpc) is 2.43. The summed E-state index contributed by atoms with van der Waals surface area (Å²) in [4.78, 5) is 2.26. The van der Waals surface area contributed by atoms with E-state index >= 15 is 0 Å². The van der Waals surface area contributed by atoms with Crippen LogP contribution in [0.4, 0.5) is 11.4 Å². The number of nitrogens with two attached hydrogens (primary N) is 1.